The number of fused-ring (bicyclic) bond motifs is 1. The van der Waals surface area contributed by atoms with Crippen molar-refractivity contribution in [3.8, 4) is 0 Å². The number of aryl methyl sites for hydroxylation is 1. The van der Waals surface area contributed by atoms with Crippen LogP contribution in [0.15, 0.2) is 70.2 Å². The van der Waals surface area contributed by atoms with Crippen LogP contribution < -0.4 is 4.90 Å². The van der Waals surface area contributed by atoms with Crippen molar-refractivity contribution in [1.29, 1.82) is 0 Å². The lowest BCUT2D eigenvalue weighted by molar-refractivity contribution is 0.0968. The van der Waals surface area contributed by atoms with Gasteiger partial charge >= 0.3 is 0 Å². The van der Waals surface area contributed by atoms with Gasteiger partial charge in [-0.25, -0.2) is 18.3 Å². The van der Waals surface area contributed by atoms with Crippen LogP contribution in [0.4, 0.5) is 10.8 Å². The number of hydrogen-bond acceptors (Lipinski definition) is 6. The van der Waals surface area contributed by atoms with Gasteiger partial charge in [-0.2, -0.15) is 0 Å². The summed E-state index contributed by atoms with van der Waals surface area (Å²) in [4.78, 5) is 19.4. The van der Waals surface area contributed by atoms with E-state index in [9.17, 15) is 13.2 Å². The lowest BCUT2D eigenvalue weighted by Crippen LogP contribution is -2.25. The molecule has 0 aliphatic rings. The van der Waals surface area contributed by atoms with Crippen LogP contribution in [0.25, 0.3) is 10.2 Å². The minimum absolute atomic E-state index is 0.0655. The van der Waals surface area contributed by atoms with Crippen LogP contribution in [0.5, 0.6) is 0 Å². The average Bonchev–Trinajstić information content (AvgIpc) is 3.35. The molecule has 0 bridgehead atoms. The first-order valence-corrected chi connectivity index (χ1v) is 11.7. The molecule has 0 radical (unpaired) electrons. The molecule has 29 heavy (non-hydrogen) atoms. The second kappa shape index (κ2) is 7.46. The Morgan fingerprint density at radius 3 is 2.41 bits per heavy atom. The number of rotatable bonds is 5. The van der Waals surface area contributed by atoms with Gasteiger partial charge in [-0.15, -0.1) is 0 Å². The molecule has 1 amide bonds. The molecule has 0 saturated carbocycles. The molecule has 0 fully saturated rings. The molecule has 0 aliphatic carbocycles. The number of hydrogen-bond donors (Lipinski definition) is 0. The summed E-state index contributed by atoms with van der Waals surface area (Å²) in [6.45, 7) is 2.06. The molecule has 4 rings (SSSR count). The van der Waals surface area contributed by atoms with E-state index >= 15 is 0 Å². The van der Waals surface area contributed by atoms with E-state index in [0.29, 0.717) is 10.8 Å². The van der Waals surface area contributed by atoms with Gasteiger partial charge in [0.1, 0.15) is 0 Å². The van der Waals surface area contributed by atoms with Gasteiger partial charge in [0.05, 0.1) is 15.9 Å². The molecule has 2 aromatic carbocycles. The molecule has 0 spiro atoms. The van der Waals surface area contributed by atoms with E-state index in [-0.39, 0.29) is 10.9 Å². The standard InChI is InChI=1S/C21H18N2O4S2/c1-3-14-8-10-15(11-9-14)23(21-22-16-6-4-5-7-18(16)28-21)20(24)17-12-13-19(27-17)29(2,25)26/h4-13H,3H2,1-2H3. The molecule has 8 heteroatoms. The molecular formula is C21H18N2O4S2. The van der Waals surface area contributed by atoms with Crippen molar-refractivity contribution in [3.63, 3.8) is 0 Å². The zero-order valence-electron chi connectivity index (χ0n) is 15.8. The van der Waals surface area contributed by atoms with E-state index in [1.807, 2.05) is 48.5 Å². The number of carbonyl (C=O) groups is 1. The van der Waals surface area contributed by atoms with Gasteiger partial charge < -0.3 is 4.42 Å². The number of nitrogens with zero attached hydrogens (tertiary/aromatic N) is 2. The van der Waals surface area contributed by atoms with E-state index in [2.05, 4.69) is 11.9 Å². The Morgan fingerprint density at radius 2 is 1.79 bits per heavy atom. The Kier molecular flexibility index (Phi) is 4.97. The monoisotopic (exact) mass is 426 g/mol. The maximum Gasteiger partial charge on any atom is 0.300 e. The predicted molar refractivity (Wildman–Crippen MR) is 114 cm³/mol. The van der Waals surface area contributed by atoms with Crippen LogP contribution in [0, 0.1) is 0 Å². The summed E-state index contributed by atoms with van der Waals surface area (Å²) in [7, 11) is -3.55. The van der Waals surface area contributed by atoms with Crippen LogP contribution in [-0.4, -0.2) is 25.6 Å². The molecule has 6 nitrogen and oxygen atoms in total. The van der Waals surface area contributed by atoms with E-state index in [0.717, 1.165) is 28.5 Å². The van der Waals surface area contributed by atoms with Crippen molar-refractivity contribution in [1.82, 2.24) is 4.98 Å². The van der Waals surface area contributed by atoms with Gasteiger partial charge in [-0.1, -0.05) is 42.5 Å². The normalized spacial score (nSPS) is 11.7. The van der Waals surface area contributed by atoms with E-state index in [4.69, 9.17) is 4.42 Å². The Hall–Kier alpha value is -2.97. The molecular weight excluding hydrogens is 408 g/mol. The minimum atomic E-state index is -3.55. The Bertz CT molecular complexity index is 1250. The highest BCUT2D eigenvalue weighted by molar-refractivity contribution is 7.90. The molecule has 0 aliphatic heterocycles. The van der Waals surface area contributed by atoms with Crippen molar-refractivity contribution < 1.29 is 17.6 Å². The smallest absolute Gasteiger partial charge is 0.300 e. The second-order valence-electron chi connectivity index (χ2n) is 6.52. The lowest BCUT2D eigenvalue weighted by Gasteiger charge is -2.19. The van der Waals surface area contributed by atoms with Gasteiger partial charge in [-0.3, -0.25) is 4.79 Å². The minimum Gasteiger partial charge on any atom is -0.440 e. The maximum atomic E-state index is 13.3. The van der Waals surface area contributed by atoms with Crippen molar-refractivity contribution in [2.24, 2.45) is 0 Å². The van der Waals surface area contributed by atoms with Gasteiger partial charge in [-0.05, 0) is 48.4 Å². The van der Waals surface area contributed by atoms with E-state index < -0.39 is 15.7 Å². The fourth-order valence-corrected chi connectivity index (χ4v) is 4.44. The van der Waals surface area contributed by atoms with Crippen molar-refractivity contribution in [2.45, 2.75) is 18.4 Å². The highest BCUT2D eigenvalue weighted by Gasteiger charge is 2.27. The van der Waals surface area contributed by atoms with E-state index in [1.54, 1.807) is 0 Å². The van der Waals surface area contributed by atoms with Crippen LogP contribution in [0.3, 0.4) is 0 Å². The number of carbonyl (C=O) groups excluding carboxylic acids is 1. The number of amides is 1. The summed E-state index contributed by atoms with van der Waals surface area (Å²) in [5, 5.41) is 0.240. The van der Waals surface area contributed by atoms with Gasteiger partial charge in [0.15, 0.2) is 10.9 Å². The topological polar surface area (TPSA) is 80.5 Å². The summed E-state index contributed by atoms with van der Waals surface area (Å²) in [5.74, 6) is -0.549. The highest BCUT2D eigenvalue weighted by atomic mass is 32.2. The number of benzene rings is 2. The molecule has 0 atom stereocenters. The number of furan rings is 1. The maximum absolute atomic E-state index is 13.3. The summed E-state index contributed by atoms with van der Waals surface area (Å²) in [6, 6.07) is 17.9. The number of aromatic nitrogens is 1. The highest BCUT2D eigenvalue weighted by Crippen LogP contribution is 2.35. The van der Waals surface area contributed by atoms with Crippen molar-refractivity contribution in [3.05, 3.63) is 72.0 Å². The first kappa shape index (κ1) is 19.4. The number of sulfone groups is 1. The molecule has 148 valence electrons. The molecule has 2 aromatic heterocycles. The van der Waals surface area contributed by atoms with Crippen LogP contribution >= 0.6 is 11.3 Å². The lowest BCUT2D eigenvalue weighted by atomic mass is 10.1. The summed E-state index contributed by atoms with van der Waals surface area (Å²) in [5.41, 5.74) is 2.55. The average molecular weight is 427 g/mol. The number of para-hydroxylation sites is 1. The largest absolute Gasteiger partial charge is 0.440 e. The SMILES string of the molecule is CCc1ccc(N(C(=O)c2ccc(S(C)(=O)=O)o2)c2nc3ccccc3s2)cc1. The first-order chi connectivity index (χ1) is 13.9. The van der Waals surface area contributed by atoms with Crippen LogP contribution in [0.1, 0.15) is 23.0 Å². The zero-order chi connectivity index (χ0) is 20.6. The quantitative estimate of drug-likeness (QED) is 0.456. The summed E-state index contributed by atoms with van der Waals surface area (Å²) in [6.07, 6.45) is 1.92. The third kappa shape index (κ3) is 3.81. The number of anilines is 2. The second-order valence-corrected chi connectivity index (χ2v) is 9.47. The Balaban J connectivity index is 1.82. The van der Waals surface area contributed by atoms with Gasteiger partial charge in [0, 0.05) is 6.26 Å². The van der Waals surface area contributed by atoms with Crippen molar-refractivity contribution >= 4 is 48.1 Å². The van der Waals surface area contributed by atoms with Crippen LogP contribution in [0.2, 0.25) is 0 Å². The fraction of sp³-hybridized carbons (Fsp3) is 0.143. The van der Waals surface area contributed by atoms with Gasteiger partial charge in [0.2, 0.25) is 14.9 Å². The summed E-state index contributed by atoms with van der Waals surface area (Å²) < 4.78 is 29.8. The molecule has 0 unspecified atom stereocenters. The Morgan fingerprint density at radius 1 is 1.07 bits per heavy atom. The van der Waals surface area contributed by atoms with E-state index in [1.165, 1.54) is 28.4 Å². The molecule has 4 aromatic rings. The molecule has 2 heterocycles. The fourth-order valence-electron chi connectivity index (χ4n) is 2.90. The zero-order valence-corrected chi connectivity index (χ0v) is 17.5. The van der Waals surface area contributed by atoms with Crippen LogP contribution in [-0.2, 0) is 16.3 Å². The summed E-state index contributed by atoms with van der Waals surface area (Å²) >= 11 is 1.38. The van der Waals surface area contributed by atoms with Gasteiger partial charge in [0.25, 0.3) is 5.91 Å². The number of thiazole rings is 1. The molecule has 0 N–H and O–H groups in total. The van der Waals surface area contributed by atoms with Crippen molar-refractivity contribution in [2.75, 3.05) is 11.2 Å². The third-order valence-corrected chi connectivity index (χ3v) is 6.41. The third-order valence-electron chi connectivity index (χ3n) is 4.44. The Labute approximate surface area is 172 Å². The molecule has 0 saturated heterocycles. The predicted octanol–water partition coefficient (Wildman–Crippen LogP) is 4.83. The first-order valence-electron chi connectivity index (χ1n) is 8.95.